The number of benzene rings is 1. The van der Waals surface area contributed by atoms with Crippen molar-refractivity contribution in [3.8, 4) is 0 Å². The first-order valence-corrected chi connectivity index (χ1v) is 9.75. The Labute approximate surface area is 170 Å². The fourth-order valence-corrected chi connectivity index (χ4v) is 2.93. The monoisotopic (exact) mass is 401 g/mol. The molecular formula is C22H28FN3O3. The Bertz CT molecular complexity index is 935. The molecule has 1 aromatic carbocycles. The third-order valence-electron chi connectivity index (χ3n) is 4.15. The number of amides is 2. The maximum atomic E-state index is 13.3. The molecule has 0 spiro atoms. The zero-order valence-electron chi connectivity index (χ0n) is 17.3. The quantitative estimate of drug-likeness (QED) is 0.714. The molecule has 29 heavy (non-hydrogen) atoms. The van der Waals surface area contributed by atoms with Gasteiger partial charge in [0, 0.05) is 31.5 Å². The normalized spacial score (nSPS) is 11.0. The van der Waals surface area contributed by atoms with Crippen molar-refractivity contribution >= 4 is 11.8 Å². The molecule has 0 saturated carbocycles. The van der Waals surface area contributed by atoms with Crippen molar-refractivity contribution in [1.82, 2.24) is 15.2 Å². The van der Waals surface area contributed by atoms with Crippen LogP contribution in [0.2, 0.25) is 0 Å². The molecule has 156 valence electrons. The molecule has 2 rings (SSSR count). The molecule has 1 aromatic heterocycles. The van der Waals surface area contributed by atoms with E-state index in [9.17, 15) is 18.8 Å². The highest BCUT2D eigenvalue weighted by molar-refractivity contribution is 5.99. The van der Waals surface area contributed by atoms with E-state index in [-0.39, 0.29) is 35.4 Å². The molecule has 0 atom stereocenters. The van der Waals surface area contributed by atoms with Crippen LogP contribution in [0.5, 0.6) is 0 Å². The fourth-order valence-electron chi connectivity index (χ4n) is 2.93. The minimum Gasteiger partial charge on any atom is -0.352 e. The summed E-state index contributed by atoms with van der Waals surface area (Å²) in [4.78, 5) is 37.8. The topological polar surface area (TPSA) is 80.2 Å². The Kier molecular flexibility index (Phi) is 7.70. The number of pyridine rings is 1. The van der Waals surface area contributed by atoms with Gasteiger partial charge >= 0.3 is 0 Å². The molecule has 2 N–H and O–H groups in total. The summed E-state index contributed by atoms with van der Waals surface area (Å²) in [5.41, 5.74) is -0.00239. The largest absolute Gasteiger partial charge is 0.352 e. The average Bonchev–Trinajstić information content (AvgIpc) is 2.61. The van der Waals surface area contributed by atoms with E-state index >= 15 is 0 Å². The van der Waals surface area contributed by atoms with Crippen LogP contribution in [0.25, 0.3) is 0 Å². The van der Waals surface area contributed by atoms with Crippen LogP contribution in [-0.2, 0) is 13.0 Å². The molecule has 0 bridgehead atoms. The maximum Gasteiger partial charge on any atom is 0.256 e. The maximum absolute atomic E-state index is 13.3. The zero-order valence-corrected chi connectivity index (χ0v) is 17.3. The van der Waals surface area contributed by atoms with Crippen LogP contribution in [0.15, 0.2) is 41.5 Å². The van der Waals surface area contributed by atoms with Crippen molar-refractivity contribution in [1.29, 1.82) is 0 Å². The van der Waals surface area contributed by atoms with Gasteiger partial charge in [-0.25, -0.2) is 4.39 Å². The molecule has 0 aliphatic rings. The van der Waals surface area contributed by atoms with Crippen LogP contribution < -0.4 is 16.1 Å². The van der Waals surface area contributed by atoms with Crippen molar-refractivity contribution in [3.05, 3.63) is 69.4 Å². The van der Waals surface area contributed by atoms with Crippen LogP contribution in [0.4, 0.5) is 4.39 Å². The number of hydrogen-bond acceptors (Lipinski definition) is 3. The van der Waals surface area contributed by atoms with Crippen LogP contribution in [0, 0.1) is 11.7 Å². The predicted octanol–water partition coefficient (Wildman–Crippen LogP) is 2.75. The Balaban J connectivity index is 2.23. The van der Waals surface area contributed by atoms with Gasteiger partial charge in [-0.1, -0.05) is 26.0 Å². The van der Waals surface area contributed by atoms with E-state index in [2.05, 4.69) is 10.6 Å². The Hall–Kier alpha value is -2.96. The standard InChI is InChI=1S/C22H28FN3O3/c1-14(2)11-26-12-18(20(27)19(13-26)22(29)25-15(3)4)21(28)24-9-8-16-6-5-7-17(23)10-16/h5-7,10,12-15H,8-9,11H2,1-4H3,(H,24,28)(H,25,29). The summed E-state index contributed by atoms with van der Waals surface area (Å²) >= 11 is 0. The summed E-state index contributed by atoms with van der Waals surface area (Å²) in [6, 6.07) is 5.99. The molecule has 2 amide bonds. The first-order chi connectivity index (χ1) is 13.7. The first-order valence-electron chi connectivity index (χ1n) is 9.75. The lowest BCUT2D eigenvalue weighted by Crippen LogP contribution is -2.38. The highest BCUT2D eigenvalue weighted by Gasteiger charge is 2.20. The highest BCUT2D eigenvalue weighted by atomic mass is 19.1. The lowest BCUT2D eigenvalue weighted by molar-refractivity contribution is 0.0941. The summed E-state index contributed by atoms with van der Waals surface area (Å²) in [6.07, 6.45) is 3.40. The van der Waals surface area contributed by atoms with E-state index in [1.165, 1.54) is 24.5 Å². The third kappa shape index (κ3) is 6.55. The van der Waals surface area contributed by atoms with Crippen molar-refractivity contribution in [3.63, 3.8) is 0 Å². The fraction of sp³-hybridized carbons (Fsp3) is 0.409. The van der Waals surface area contributed by atoms with Crippen molar-refractivity contribution in [2.45, 2.75) is 46.7 Å². The third-order valence-corrected chi connectivity index (χ3v) is 4.15. The van der Waals surface area contributed by atoms with Gasteiger partial charge < -0.3 is 15.2 Å². The number of rotatable bonds is 8. The lowest BCUT2D eigenvalue weighted by atomic mass is 10.1. The molecule has 0 radical (unpaired) electrons. The molecule has 0 aliphatic heterocycles. The van der Waals surface area contributed by atoms with E-state index in [1.807, 2.05) is 13.8 Å². The number of nitrogens with zero attached hydrogens (tertiary/aromatic N) is 1. The first kappa shape index (κ1) is 22.3. The smallest absolute Gasteiger partial charge is 0.256 e. The Morgan fingerprint density at radius 2 is 1.72 bits per heavy atom. The van der Waals surface area contributed by atoms with Crippen LogP contribution in [0.3, 0.4) is 0 Å². The van der Waals surface area contributed by atoms with Crippen molar-refractivity contribution in [2.24, 2.45) is 5.92 Å². The van der Waals surface area contributed by atoms with Crippen molar-refractivity contribution < 1.29 is 14.0 Å². The molecule has 7 heteroatoms. The summed E-state index contributed by atoms with van der Waals surface area (Å²) in [5.74, 6) is -1.13. The van der Waals surface area contributed by atoms with Gasteiger partial charge in [0.2, 0.25) is 5.43 Å². The van der Waals surface area contributed by atoms with E-state index in [0.717, 1.165) is 5.56 Å². The van der Waals surface area contributed by atoms with Crippen molar-refractivity contribution in [2.75, 3.05) is 6.54 Å². The van der Waals surface area contributed by atoms with E-state index in [0.29, 0.717) is 13.0 Å². The number of carbonyl (C=O) groups is 2. The van der Waals surface area contributed by atoms with Gasteiger partial charge in [0.05, 0.1) is 0 Å². The molecule has 2 aromatic rings. The van der Waals surface area contributed by atoms with Crippen LogP contribution >= 0.6 is 0 Å². The van der Waals surface area contributed by atoms with Crippen LogP contribution in [0.1, 0.15) is 54.0 Å². The summed E-state index contributed by atoms with van der Waals surface area (Å²) in [5, 5.41) is 5.39. The molecule has 0 fully saturated rings. The average molecular weight is 401 g/mol. The SMILES string of the molecule is CC(C)Cn1cc(C(=O)NCCc2cccc(F)c2)c(=O)c(C(=O)NC(C)C)c1. The number of halogens is 1. The summed E-state index contributed by atoms with van der Waals surface area (Å²) < 4.78 is 15.0. The van der Waals surface area contributed by atoms with Gasteiger partial charge in [-0.3, -0.25) is 14.4 Å². The molecule has 6 nitrogen and oxygen atoms in total. The number of hydrogen-bond donors (Lipinski definition) is 2. The second-order valence-corrected chi connectivity index (χ2v) is 7.77. The minimum absolute atomic E-state index is 0.0582. The summed E-state index contributed by atoms with van der Waals surface area (Å²) in [7, 11) is 0. The highest BCUT2D eigenvalue weighted by Crippen LogP contribution is 2.06. The van der Waals surface area contributed by atoms with E-state index < -0.39 is 17.2 Å². The number of nitrogens with one attached hydrogen (secondary N) is 2. The predicted molar refractivity (Wildman–Crippen MR) is 111 cm³/mol. The molecule has 0 saturated heterocycles. The molecule has 0 unspecified atom stereocenters. The van der Waals surface area contributed by atoms with Gasteiger partial charge in [-0.15, -0.1) is 0 Å². The van der Waals surface area contributed by atoms with Gasteiger partial charge in [-0.2, -0.15) is 0 Å². The van der Waals surface area contributed by atoms with Crippen LogP contribution in [-0.4, -0.2) is 29.0 Å². The molecule has 1 heterocycles. The minimum atomic E-state index is -0.605. The Morgan fingerprint density at radius 3 is 2.31 bits per heavy atom. The van der Waals surface area contributed by atoms with E-state index in [1.54, 1.807) is 30.5 Å². The lowest BCUT2D eigenvalue weighted by Gasteiger charge is -2.15. The van der Waals surface area contributed by atoms with E-state index in [4.69, 9.17) is 0 Å². The van der Waals surface area contributed by atoms with Gasteiger partial charge in [0.25, 0.3) is 11.8 Å². The second kappa shape index (κ2) is 10.0. The number of aromatic nitrogens is 1. The number of carbonyl (C=O) groups excluding carboxylic acids is 2. The summed E-state index contributed by atoms with van der Waals surface area (Å²) in [6.45, 7) is 8.41. The second-order valence-electron chi connectivity index (χ2n) is 7.77. The van der Waals surface area contributed by atoms with Gasteiger partial charge in [0.1, 0.15) is 16.9 Å². The van der Waals surface area contributed by atoms with Gasteiger partial charge in [0.15, 0.2) is 0 Å². The van der Waals surface area contributed by atoms with Gasteiger partial charge in [-0.05, 0) is 43.9 Å². The molecular weight excluding hydrogens is 373 g/mol. The molecule has 0 aliphatic carbocycles. The zero-order chi connectivity index (χ0) is 21.6. The Morgan fingerprint density at radius 1 is 1.07 bits per heavy atom.